The van der Waals surface area contributed by atoms with Crippen molar-refractivity contribution in [1.82, 2.24) is 4.98 Å². The van der Waals surface area contributed by atoms with Gasteiger partial charge in [-0.05, 0) is 97.1 Å². The molecule has 1 aliphatic heterocycles. The van der Waals surface area contributed by atoms with Crippen molar-refractivity contribution in [2.75, 3.05) is 0 Å². The first-order valence-electron chi connectivity index (χ1n) is 18.5. The van der Waals surface area contributed by atoms with Crippen LogP contribution in [0.15, 0.2) is 186 Å². The number of rotatable bonds is 3. The molecule has 0 fully saturated rings. The zero-order chi connectivity index (χ0) is 35.3. The van der Waals surface area contributed by atoms with E-state index in [-0.39, 0.29) is 10.8 Å². The van der Waals surface area contributed by atoms with Gasteiger partial charge in [0, 0.05) is 26.3 Å². The number of hydrogen-bond donors (Lipinski definition) is 0. The van der Waals surface area contributed by atoms with Crippen LogP contribution in [0.25, 0.3) is 55.9 Å². The average Bonchev–Trinajstić information content (AvgIpc) is 3.63. The van der Waals surface area contributed by atoms with E-state index < -0.39 is 0 Å². The number of hydrogen-bond acceptors (Lipinski definition) is 2. The molecule has 11 rings (SSSR count). The second-order valence-corrected chi connectivity index (χ2v) is 16.2. The van der Waals surface area contributed by atoms with Crippen molar-refractivity contribution >= 4 is 11.8 Å². The van der Waals surface area contributed by atoms with E-state index in [0.29, 0.717) is 0 Å². The highest BCUT2D eigenvalue weighted by Crippen LogP contribution is 2.64. The van der Waals surface area contributed by atoms with Crippen molar-refractivity contribution in [1.29, 1.82) is 0 Å². The summed E-state index contributed by atoms with van der Waals surface area (Å²) in [4.78, 5) is 7.96. The van der Waals surface area contributed by atoms with Gasteiger partial charge in [0.1, 0.15) is 0 Å². The SMILES string of the molecule is CC1(C)c2ccc(-c3cc(-c4ccccc4)cc(-c4ccccc4)n3)cc2-c2cc3c(cc21)C1(c2ccccc2S3)c2ccccc2-c2ccccc21. The van der Waals surface area contributed by atoms with Gasteiger partial charge in [-0.2, -0.15) is 0 Å². The summed E-state index contributed by atoms with van der Waals surface area (Å²) in [6.07, 6.45) is 0. The summed E-state index contributed by atoms with van der Waals surface area (Å²) in [7, 11) is 0. The van der Waals surface area contributed by atoms with Gasteiger partial charge in [0.25, 0.3) is 0 Å². The summed E-state index contributed by atoms with van der Waals surface area (Å²) in [6.45, 7) is 4.80. The van der Waals surface area contributed by atoms with Crippen molar-refractivity contribution in [2.24, 2.45) is 0 Å². The lowest BCUT2D eigenvalue weighted by Crippen LogP contribution is -2.32. The topological polar surface area (TPSA) is 12.9 Å². The summed E-state index contributed by atoms with van der Waals surface area (Å²) in [5, 5.41) is 0. The summed E-state index contributed by atoms with van der Waals surface area (Å²) >= 11 is 1.92. The molecule has 0 N–H and O–H groups in total. The van der Waals surface area contributed by atoms with E-state index in [2.05, 4.69) is 190 Å². The lowest BCUT2D eigenvalue weighted by Gasteiger charge is -2.40. The maximum atomic E-state index is 5.30. The van der Waals surface area contributed by atoms with Gasteiger partial charge >= 0.3 is 0 Å². The van der Waals surface area contributed by atoms with Gasteiger partial charge in [0.2, 0.25) is 0 Å². The van der Waals surface area contributed by atoms with Crippen LogP contribution in [0.1, 0.15) is 47.2 Å². The van der Waals surface area contributed by atoms with Gasteiger partial charge < -0.3 is 0 Å². The molecule has 0 atom stereocenters. The normalized spacial score (nSPS) is 14.8. The molecule has 7 aromatic carbocycles. The molecule has 0 radical (unpaired) electrons. The monoisotopic (exact) mass is 693 g/mol. The van der Waals surface area contributed by atoms with Crippen LogP contribution in [0, 0.1) is 0 Å². The third-order valence-electron chi connectivity index (χ3n) is 11.9. The maximum Gasteiger partial charge on any atom is 0.0735 e. The molecule has 1 spiro atoms. The minimum atomic E-state index is -0.384. The van der Waals surface area contributed by atoms with Crippen LogP contribution in [0.5, 0.6) is 0 Å². The summed E-state index contributed by atoms with van der Waals surface area (Å²) in [5.74, 6) is 0. The number of pyridine rings is 1. The number of benzene rings is 7. The highest BCUT2D eigenvalue weighted by molar-refractivity contribution is 7.99. The molecule has 2 heteroatoms. The third-order valence-corrected chi connectivity index (χ3v) is 13.1. The molecule has 3 aliphatic rings. The maximum absolute atomic E-state index is 5.30. The van der Waals surface area contributed by atoms with E-state index in [1.807, 2.05) is 11.8 Å². The molecule has 0 saturated heterocycles. The van der Waals surface area contributed by atoms with Crippen LogP contribution in [0.3, 0.4) is 0 Å². The lowest BCUT2D eigenvalue weighted by molar-refractivity contribution is 0.651. The Balaban J connectivity index is 1.13. The predicted molar refractivity (Wildman–Crippen MR) is 220 cm³/mol. The molecule has 2 aliphatic carbocycles. The summed E-state index contributed by atoms with van der Waals surface area (Å²) < 4.78 is 0. The fraction of sp³-hybridized carbons (Fsp3) is 0.0784. The molecule has 1 aromatic heterocycles. The Kier molecular flexibility index (Phi) is 6.52. The minimum absolute atomic E-state index is 0.173. The zero-order valence-electron chi connectivity index (χ0n) is 29.6. The van der Waals surface area contributed by atoms with Crippen molar-refractivity contribution in [3.8, 4) is 55.9 Å². The van der Waals surface area contributed by atoms with Crippen molar-refractivity contribution in [3.63, 3.8) is 0 Å². The van der Waals surface area contributed by atoms with Gasteiger partial charge in [-0.25, -0.2) is 4.98 Å². The van der Waals surface area contributed by atoms with Gasteiger partial charge in [0.05, 0.1) is 16.8 Å². The number of nitrogens with zero attached hydrogens (tertiary/aromatic N) is 1. The van der Waals surface area contributed by atoms with E-state index in [9.17, 15) is 0 Å². The first-order valence-corrected chi connectivity index (χ1v) is 19.3. The Bertz CT molecular complexity index is 2670. The smallest absolute Gasteiger partial charge is 0.0735 e. The van der Waals surface area contributed by atoms with E-state index in [4.69, 9.17) is 4.98 Å². The molecule has 53 heavy (non-hydrogen) atoms. The van der Waals surface area contributed by atoms with E-state index in [0.717, 1.165) is 22.5 Å². The van der Waals surface area contributed by atoms with Crippen molar-refractivity contribution < 1.29 is 0 Å². The molecular formula is C51H35NS. The quantitative estimate of drug-likeness (QED) is 0.183. The molecule has 0 saturated carbocycles. The summed E-state index contributed by atoms with van der Waals surface area (Å²) in [6, 6.07) is 65.0. The standard InChI is InChI=1S/C51H35NS/c1-50(2)40-26-25-34(47-29-35(32-15-5-3-6-16-32)28-46(52-47)33-17-7-4-8-18-33)27-38(40)39-30-49-45(31-44(39)50)51(43-23-13-14-24-48(43)53-49)41-21-11-9-19-36(41)37-20-10-12-22-42(37)51/h3-31H,1-2H3. The van der Waals surface area contributed by atoms with E-state index in [1.54, 1.807) is 0 Å². The molecule has 0 amide bonds. The van der Waals surface area contributed by atoms with Crippen LogP contribution in [-0.2, 0) is 10.8 Å². The Morgan fingerprint density at radius 1 is 0.358 bits per heavy atom. The Hall–Kier alpha value is -5.96. The molecule has 0 bridgehead atoms. The highest BCUT2D eigenvalue weighted by atomic mass is 32.2. The fourth-order valence-corrected chi connectivity index (χ4v) is 10.7. The molecule has 8 aromatic rings. The van der Waals surface area contributed by atoms with E-state index in [1.165, 1.54) is 76.6 Å². The zero-order valence-corrected chi connectivity index (χ0v) is 30.4. The third kappa shape index (κ3) is 4.30. The number of aromatic nitrogens is 1. The molecular weight excluding hydrogens is 659 g/mol. The molecule has 1 nitrogen and oxygen atoms in total. The van der Waals surface area contributed by atoms with E-state index >= 15 is 0 Å². The van der Waals surface area contributed by atoms with Crippen LogP contribution >= 0.6 is 11.8 Å². The second-order valence-electron chi connectivity index (χ2n) is 15.1. The average molecular weight is 694 g/mol. The second kappa shape index (κ2) is 11.3. The molecule has 2 heterocycles. The lowest BCUT2D eigenvalue weighted by atomic mass is 9.66. The first-order chi connectivity index (χ1) is 26.0. The van der Waals surface area contributed by atoms with Gasteiger partial charge in [-0.15, -0.1) is 0 Å². The number of fused-ring (bicyclic) bond motifs is 12. The van der Waals surface area contributed by atoms with Gasteiger partial charge in [0.15, 0.2) is 0 Å². The minimum Gasteiger partial charge on any atom is -0.248 e. The van der Waals surface area contributed by atoms with Crippen LogP contribution in [0.2, 0.25) is 0 Å². The van der Waals surface area contributed by atoms with Crippen molar-refractivity contribution in [3.05, 3.63) is 209 Å². The van der Waals surface area contributed by atoms with Crippen LogP contribution in [-0.4, -0.2) is 4.98 Å². The molecule has 250 valence electrons. The highest BCUT2D eigenvalue weighted by Gasteiger charge is 2.51. The summed E-state index contributed by atoms with van der Waals surface area (Å²) in [5.41, 5.74) is 19.6. The van der Waals surface area contributed by atoms with Gasteiger partial charge in [-0.1, -0.05) is 171 Å². The molecule has 0 unspecified atom stereocenters. The van der Waals surface area contributed by atoms with Crippen LogP contribution < -0.4 is 0 Å². The van der Waals surface area contributed by atoms with Gasteiger partial charge in [-0.3, -0.25) is 0 Å². The fourth-order valence-electron chi connectivity index (χ4n) is 9.49. The Morgan fingerprint density at radius 3 is 1.62 bits per heavy atom. The predicted octanol–water partition coefficient (Wildman–Crippen LogP) is 13.2. The van der Waals surface area contributed by atoms with Crippen molar-refractivity contribution in [2.45, 2.75) is 34.5 Å². The Labute approximate surface area is 315 Å². The Morgan fingerprint density at radius 2 is 0.925 bits per heavy atom. The van der Waals surface area contributed by atoms with Crippen LogP contribution in [0.4, 0.5) is 0 Å². The first kappa shape index (κ1) is 30.6. The largest absolute Gasteiger partial charge is 0.248 e.